The van der Waals surface area contributed by atoms with Crippen LogP contribution in [-0.2, 0) is 11.3 Å². The molecule has 0 aromatic carbocycles. The van der Waals surface area contributed by atoms with Crippen LogP contribution in [0.4, 0.5) is 0 Å². The highest BCUT2D eigenvalue weighted by Crippen LogP contribution is 2.29. The summed E-state index contributed by atoms with van der Waals surface area (Å²) in [6.45, 7) is 9.80. The number of nitrogens with zero attached hydrogens (tertiary/aromatic N) is 3. The third-order valence-corrected chi connectivity index (χ3v) is 6.63. The lowest BCUT2D eigenvalue weighted by Crippen LogP contribution is -2.64. The Balaban J connectivity index is 1.74. The predicted octanol–water partition coefficient (Wildman–Crippen LogP) is 3.29. The van der Waals surface area contributed by atoms with Gasteiger partial charge in [0.2, 0.25) is 5.91 Å². The number of hydrogen-bond donors (Lipinski definition) is 2. The van der Waals surface area contributed by atoms with Crippen LogP contribution in [-0.4, -0.2) is 57.3 Å². The van der Waals surface area contributed by atoms with E-state index in [-0.39, 0.29) is 35.7 Å². The van der Waals surface area contributed by atoms with Gasteiger partial charge in [-0.3, -0.25) is 14.4 Å². The van der Waals surface area contributed by atoms with E-state index in [2.05, 4.69) is 35.5 Å². The highest BCUT2D eigenvalue weighted by atomic mass is 16.2. The predicted molar refractivity (Wildman–Crippen MR) is 128 cm³/mol. The summed E-state index contributed by atoms with van der Waals surface area (Å²) in [6, 6.07) is 0. The number of carbonyl (C=O) groups is 3. The van der Waals surface area contributed by atoms with E-state index in [1.807, 2.05) is 6.92 Å². The fourth-order valence-electron chi connectivity index (χ4n) is 4.64. The molecule has 3 amide bonds. The van der Waals surface area contributed by atoms with E-state index in [1.54, 1.807) is 16.4 Å². The molecule has 2 N–H and O–H groups in total. The minimum absolute atomic E-state index is 0.140. The van der Waals surface area contributed by atoms with Gasteiger partial charge in [-0.15, -0.1) is 0 Å². The molecule has 0 unspecified atom stereocenters. The van der Waals surface area contributed by atoms with Crippen molar-refractivity contribution in [1.29, 1.82) is 0 Å². The van der Waals surface area contributed by atoms with Crippen molar-refractivity contribution >= 4 is 17.7 Å². The Kier molecular flexibility index (Phi) is 8.32. The number of hydrogen-bond acceptors (Lipinski definition) is 4. The number of rotatable bonds is 10. The average molecular weight is 458 g/mol. The van der Waals surface area contributed by atoms with Crippen LogP contribution in [0.2, 0.25) is 0 Å². The zero-order valence-electron chi connectivity index (χ0n) is 20.6. The van der Waals surface area contributed by atoms with Gasteiger partial charge in [-0.25, -0.2) is 4.98 Å². The number of aromatic nitrogens is 2. The minimum Gasteiger partial charge on any atom is -0.354 e. The van der Waals surface area contributed by atoms with Crippen molar-refractivity contribution in [2.75, 3.05) is 19.6 Å². The highest BCUT2D eigenvalue weighted by molar-refractivity contribution is 6.07. The molecular formula is C25H39N5O3. The Morgan fingerprint density at radius 2 is 2.00 bits per heavy atom. The van der Waals surface area contributed by atoms with Crippen molar-refractivity contribution in [2.45, 2.75) is 84.7 Å². The fourth-order valence-corrected chi connectivity index (χ4v) is 4.64. The summed E-state index contributed by atoms with van der Waals surface area (Å²) < 4.78 is 1.66. The smallest absolute Gasteiger partial charge is 0.273 e. The highest BCUT2D eigenvalue weighted by Gasteiger charge is 2.48. The molecule has 0 radical (unpaired) electrons. The molecule has 182 valence electrons. The van der Waals surface area contributed by atoms with Gasteiger partial charge in [-0.1, -0.05) is 32.4 Å². The number of fused-ring (bicyclic) bond motifs is 1. The molecule has 1 aromatic heterocycles. The topological polar surface area (TPSA) is 96.3 Å². The summed E-state index contributed by atoms with van der Waals surface area (Å²) in [7, 11) is 0. The van der Waals surface area contributed by atoms with Gasteiger partial charge >= 0.3 is 0 Å². The van der Waals surface area contributed by atoms with Crippen molar-refractivity contribution in [3.05, 3.63) is 29.4 Å². The molecule has 1 aliphatic heterocycles. The van der Waals surface area contributed by atoms with Gasteiger partial charge in [-0.05, 0) is 57.8 Å². The van der Waals surface area contributed by atoms with E-state index < -0.39 is 5.54 Å². The maximum atomic E-state index is 13.5. The number of nitrogens with one attached hydrogen (secondary N) is 2. The van der Waals surface area contributed by atoms with E-state index in [1.165, 1.54) is 24.7 Å². The summed E-state index contributed by atoms with van der Waals surface area (Å²) in [4.78, 5) is 45.4. The summed E-state index contributed by atoms with van der Waals surface area (Å²) in [5.41, 5.74) is 0.767. The lowest BCUT2D eigenvalue weighted by Gasteiger charge is -2.43. The first-order valence-corrected chi connectivity index (χ1v) is 12.4. The second kappa shape index (κ2) is 11.0. The van der Waals surface area contributed by atoms with Gasteiger partial charge in [0, 0.05) is 19.6 Å². The first kappa shape index (κ1) is 25.0. The largest absolute Gasteiger partial charge is 0.354 e. The van der Waals surface area contributed by atoms with Crippen LogP contribution in [0.25, 0.3) is 0 Å². The minimum atomic E-state index is -1.03. The summed E-state index contributed by atoms with van der Waals surface area (Å²) in [5.74, 6) is -0.346. The quantitative estimate of drug-likeness (QED) is 0.527. The van der Waals surface area contributed by atoms with Crippen LogP contribution in [0.15, 0.2) is 18.0 Å². The van der Waals surface area contributed by atoms with Crippen molar-refractivity contribution < 1.29 is 14.4 Å². The van der Waals surface area contributed by atoms with Crippen LogP contribution in [0.3, 0.4) is 0 Å². The molecule has 2 aliphatic rings. The molecule has 0 bridgehead atoms. The van der Waals surface area contributed by atoms with Gasteiger partial charge in [0.25, 0.3) is 11.8 Å². The standard InChI is InChI=1S/C25H39N5O3/c1-5-15-30-23(32)21-20(22(31)26-14-12-19-9-7-6-8-10-19)28-17-29(21)16-25(30,4)24(33)27-13-11-18(2)3/h9,17-18H,5-8,10-16H2,1-4H3,(H,26,31)(H,27,33)/t25-/m1/s1. The summed E-state index contributed by atoms with van der Waals surface area (Å²) >= 11 is 0. The average Bonchev–Trinajstić information content (AvgIpc) is 3.20. The zero-order valence-corrected chi connectivity index (χ0v) is 20.6. The molecule has 1 aromatic rings. The first-order valence-electron chi connectivity index (χ1n) is 12.4. The molecule has 1 aliphatic carbocycles. The van der Waals surface area contributed by atoms with Gasteiger partial charge in [0.05, 0.1) is 12.9 Å². The molecule has 0 saturated heterocycles. The molecule has 0 spiro atoms. The van der Waals surface area contributed by atoms with Crippen LogP contribution in [0.5, 0.6) is 0 Å². The molecule has 0 saturated carbocycles. The second-order valence-corrected chi connectivity index (χ2v) is 9.85. The van der Waals surface area contributed by atoms with E-state index in [0.717, 1.165) is 25.7 Å². The third-order valence-electron chi connectivity index (χ3n) is 6.63. The molecule has 8 nitrogen and oxygen atoms in total. The Bertz CT molecular complexity index is 904. The third kappa shape index (κ3) is 5.65. The molecule has 3 rings (SSSR count). The van der Waals surface area contributed by atoms with E-state index in [9.17, 15) is 14.4 Å². The van der Waals surface area contributed by atoms with Crippen molar-refractivity contribution in [3.63, 3.8) is 0 Å². The van der Waals surface area contributed by atoms with Crippen LogP contribution >= 0.6 is 0 Å². The maximum Gasteiger partial charge on any atom is 0.273 e. The summed E-state index contributed by atoms with van der Waals surface area (Å²) in [6.07, 6.45) is 10.9. The van der Waals surface area contributed by atoms with Crippen molar-refractivity contribution in [1.82, 2.24) is 25.1 Å². The second-order valence-electron chi connectivity index (χ2n) is 9.85. The molecule has 0 fully saturated rings. The first-order chi connectivity index (χ1) is 15.8. The van der Waals surface area contributed by atoms with Crippen LogP contribution in [0.1, 0.15) is 93.6 Å². The van der Waals surface area contributed by atoms with Gasteiger partial charge in [-0.2, -0.15) is 0 Å². The van der Waals surface area contributed by atoms with Crippen molar-refractivity contribution in [2.24, 2.45) is 5.92 Å². The molecular weight excluding hydrogens is 418 g/mol. The Hall–Kier alpha value is -2.64. The SMILES string of the molecule is CCCN1C(=O)c2c(C(=O)NCCC3=CCCCC3)ncn2C[C@]1(C)C(=O)NCCC(C)C. The Morgan fingerprint density at radius 3 is 2.67 bits per heavy atom. The van der Waals surface area contributed by atoms with E-state index in [4.69, 9.17) is 0 Å². The Labute approximate surface area is 197 Å². The zero-order chi connectivity index (χ0) is 24.0. The maximum absolute atomic E-state index is 13.5. The summed E-state index contributed by atoms with van der Waals surface area (Å²) in [5, 5.41) is 5.93. The lowest BCUT2D eigenvalue weighted by molar-refractivity contribution is -0.132. The van der Waals surface area contributed by atoms with Crippen LogP contribution in [0, 0.1) is 5.92 Å². The molecule has 8 heteroatoms. The van der Waals surface area contributed by atoms with Gasteiger partial charge in [0.1, 0.15) is 11.2 Å². The number of imidazole rings is 1. The van der Waals surface area contributed by atoms with Crippen molar-refractivity contribution in [3.8, 4) is 0 Å². The van der Waals surface area contributed by atoms with Gasteiger partial charge < -0.3 is 20.1 Å². The number of allylic oxidation sites excluding steroid dienone is 1. The molecule has 1 atom stereocenters. The van der Waals surface area contributed by atoms with Gasteiger partial charge in [0.15, 0.2) is 5.69 Å². The lowest BCUT2D eigenvalue weighted by atomic mass is 9.93. The normalized spacial score (nSPS) is 20.5. The van der Waals surface area contributed by atoms with E-state index in [0.29, 0.717) is 32.0 Å². The number of amides is 3. The molecule has 2 heterocycles. The number of carbonyl (C=O) groups excluding carboxylic acids is 3. The van der Waals surface area contributed by atoms with Crippen LogP contribution < -0.4 is 10.6 Å². The fraction of sp³-hybridized carbons (Fsp3) is 0.680. The monoisotopic (exact) mass is 457 g/mol. The van der Waals surface area contributed by atoms with E-state index >= 15 is 0 Å². The molecule has 33 heavy (non-hydrogen) atoms. The Morgan fingerprint density at radius 1 is 1.21 bits per heavy atom.